The summed E-state index contributed by atoms with van der Waals surface area (Å²) in [5.41, 5.74) is 0.681. The van der Waals surface area contributed by atoms with E-state index < -0.39 is 0 Å². The summed E-state index contributed by atoms with van der Waals surface area (Å²) in [7, 11) is 1.87. The Labute approximate surface area is 76.9 Å². The maximum atomic E-state index is 12.5. The molecule has 0 aromatic carbocycles. The largest absolute Gasteiger partial charge is 1.00 e. The second kappa shape index (κ2) is 3.85. The summed E-state index contributed by atoms with van der Waals surface area (Å²) >= 11 is 0. The molecule has 1 aromatic heterocycles. The normalized spacial score (nSPS) is 8.70. The van der Waals surface area contributed by atoms with Crippen LogP contribution in [0.2, 0.25) is 0 Å². The lowest BCUT2D eigenvalue weighted by Gasteiger charge is -1.90. The second-order valence-electron chi connectivity index (χ2n) is 2.14. The molecule has 0 saturated carbocycles. The maximum absolute atomic E-state index is 12.5. The number of hydrogen-bond donors (Lipinski definition) is 0. The van der Waals surface area contributed by atoms with Crippen molar-refractivity contribution >= 4 is 0 Å². The molecule has 0 saturated heterocycles. The predicted molar refractivity (Wildman–Crippen MR) is 32.3 cm³/mol. The smallest absolute Gasteiger partial charge is 0.174 e. The zero-order valence-electron chi connectivity index (χ0n) is 5.94. The highest BCUT2D eigenvalue weighted by atomic mass is 127. The van der Waals surface area contributed by atoms with Gasteiger partial charge >= 0.3 is 0 Å². The zero-order valence-corrected chi connectivity index (χ0v) is 8.09. The quantitative estimate of drug-likeness (QED) is 0.370. The molecule has 0 radical (unpaired) electrons. The van der Waals surface area contributed by atoms with E-state index in [1.165, 1.54) is 6.07 Å². The van der Waals surface area contributed by atoms with Crippen LogP contribution in [0.4, 0.5) is 4.39 Å². The van der Waals surface area contributed by atoms with Gasteiger partial charge in [-0.05, 0) is 6.92 Å². The average molecular weight is 253 g/mol. The van der Waals surface area contributed by atoms with Gasteiger partial charge < -0.3 is 24.0 Å². The molecule has 3 heteroatoms. The van der Waals surface area contributed by atoms with Gasteiger partial charge in [0.05, 0.1) is 0 Å². The molecule has 1 heterocycles. The first-order chi connectivity index (χ1) is 4.20. The Bertz CT molecular complexity index is 225. The van der Waals surface area contributed by atoms with Gasteiger partial charge in [-0.3, -0.25) is 0 Å². The summed E-state index contributed by atoms with van der Waals surface area (Å²) in [6, 6.07) is 1.45. The van der Waals surface area contributed by atoms with Crippen LogP contribution >= 0.6 is 0 Å². The van der Waals surface area contributed by atoms with Crippen LogP contribution < -0.4 is 28.5 Å². The van der Waals surface area contributed by atoms with Crippen LogP contribution in [0.5, 0.6) is 0 Å². The molecule has 1 aromatic rings. The van der Waals surface area contributed by atoms with Crippen molar-refractivity contribution in [2.24, 2.45) is 7.05 Å². The van der Waals surface area contributed by atoms with Gasteiger partial charge in [-0.2, -0.15) is 0 Å². The first kappa shape index (κ1) is 9.81. The number of aromatic nitrogens is 1. The number of hydrogen-bond acceptors (Lipinski definition) is 0. The van der Waals surface area contributed by atoms with Crippen molar-refractivity contribution in [1.29, 1.82) is 0 Å². The summed E-state index contributed by atoms with van der Waals surface area (Å²) in [4.78, 5) is 0. The van der Waals surface area contributed by atoms with Crippen molar-refractivity contribution in [2.75, 3.05) is 0 Å². The van der Waals surface area contributed by atoms with Crippen LogP contribution in [0.3, 0.4) is 0 Å². The van der Waals surface area contributed by atoms with Crippen LogP contribution in [0.1, 0.15) is 5.56 Å². The highest BCUT2D eigenvalue weighted by Crippen LogP contribution is 1.98. The molecular weight excluding hydrogens is 244 g/mol. The summed E-state index contributed by atoms with van der Waals surface area (Å²) < 4.78 is 14.3. The SMILES string of the molecule is Cc1c[n+](C)ccc1F.[I-]. The van der Waals surface area contributed by atoms with E-state index in [9.17, 15) is 4.39 Å². The van der Waals surface area contributed by atoms with E-state index in [0.29, 0.717) is 5.56 Å². The van der Waals surface area contributed by atoms with E-state index >= 15 is 0 Å². The number of rotatable bonds is 0. The van der Waals surface area contributed by atoms with Crippen LogP contribution in [0, 0.1) is 12.7 Å². The van der Waals surface area contributed by atoms with Gasteiger partial charge in [0.15, 0.2) is 12.4 Å². The van der Waals surface area contributed by atoms with Gasteiger partial charge in [0.1, 0.15) is 12.9 Å². The number of halogens is 2. The monoisotopic (exact) mass is 253 g/mol. The molecule has 10 heavy (non-hydrogen) atoms. The number of aryl methyl sites for hydroxylation is 2. The molecule has 0 fully saturated rings. The molecule has 0 aliphatic heterocycles. The lowest BCUT2D eigenvalue weighted by Crippen LogP contribution is -3.00. The van der Waals surface area contributed by atoms with Crippen LogP contribution in [0.25, 0.3) is 0 Å². The molecular formula is C7H9FIN. The van der Waals surface area contributed by atoms with E-state index in [1.54, 1.807) is 19.3 Å². The number of nitrogens with zero attached hydrogens (tertiary/aromatic N) is 1. The summed E-state index contributed by atoms with van der Waals surface area (Å²) in [6.45, 7) is 1.75. The van der Waals surface area contributed by atoms with Crippen LogP contribution in [-0.2, 0) is 7.05 Å². The highest BCUT2D eigenvalue weighted by Gasteiger charge is 1.98. The molecule has 0 atom stereocenters. The van der Waals surface area contributed by atoms with Crippen LogP contribution in [-0.4, -0.2) is 0 Å². The molecule has 0 unspecified atom stereocenters. The standard InChI is InChI=1S/C7H9FN.HI/c1-6-5-9(2)4-3-7(6)8;/h3-5H,1-2H3;1H/q+1;/p-1. The molecule has 0 bridgehead atoms. The van der Waals surface area contributed by atoms with Gasteiger partial charge in [-0.25, -0.2) is 8.96 Å². The Hall–Kier alpha value is -0.190. The molecule has 1 nitrogen and oxygen atoms in total. The third-order valence-corrected chi connectivity index (χ3v) is 1.23. The lowest BCUT2D eigenvalue weighted by atomic mass is 10.3. The summed E-state index contributed by atoms with van der Waals surface area (Å²) in [6.07, 6.45) is 3.43. The maximum Gasteiger partial charge on any atom is 0.174 e. The van der Waals surface area contributed by atoms with Crippen LogP contribution in [0.15, 0.2) is 18.5 Å². The van der Waals surface area contributed by atoms with E-state index in [2.05, 4.69) is 0 Å². The molecule has 0 aliphatic carbocycles. The van der Waals surface area contributed by atoms with Gasteiger partial charge in [0.25, 0.3) is 0 Å². The fourth-order valence-corrected chi connectivity index (χ4v) is 0.725. The Kier molecular flexibility index (Phi) is 3.78. The third kappa shape index (κ3) is 2.21. The molecule has 56 valence electrons. The number of pyridine rings is 1. The van der Waals surface area contributed by atoms with Gasteiger partial charge in [-0.15, -0.1) is 0 Å². The minimum atomic E-state index is -0.145. The average Bonchev–Trinajstić information content (AvgIpc) is 1.80. The van der Waals surface area contributed by atoms with Gasteiger partial charge in [-0.1, -0.05) is 0 Å². The Morgan fingerprint density at radius 1 is 1.50 bits per heavy atom. The molecule has 0 amide bonds. The van der Waals surface area contributed by atoms with Crippen molar-refractivity contribution in [1.82, 2.24) is 0 Å². The van der Waals surface area contributed by atoms with E-state index in [1.807, 2.05) is 11.6 Å². The first-order valence-electron chi connectivity index (χ1n) is 2.81. The van der Waals surface area contributed by atoms with Crippen molar-refractivity contribution in [3.05, 3.63) is 29.8 Å². The minimum absolute atomic E-state index is 0. The fraction of sp³-hybridized carbons (Fsp3) is 0.286. The van der Waals surface area contributed by atoms with E-state index in [4.69, 9.17) is 0 Å². The van der Waals surface area contributed by atoms with E-state index in [0.717, 1.165) is 0 Å². The van der Waals surface area contributed by atoms with Crippen molar-refractivity contribution in [3.63, 3.8) is 0 Å². The minimum Gasteiger partial charge on any atom is -1.00 e. The molecule has 1 rings (SSSR count). The molecule has 0 N–H and O–H groups in total. The van der Waals surface area contributed by atoms with Crippen molar-refractivity contribution in [2.45, 2.75) is 6.92 Å². The second-order valence-corrected chi connectivity index (χ2v) is 2.14. The Morgan fingerprint density at radius 3 is 2.50 bits per heavy atom. The molecule has 0 spiro atoms. The third-order valence-electron chi connectivity index (χ3n) is 1.23. The lowest BCUT2D eigenvalue weighted by molar-refractivity contribution is -0.672. The predicted octanol–water partition coefficient (Wildman–Crippen LogP) is -2.04. The van der Waals surface area contributed by atoms with E-state index in [-0.39, 0.29) is 29.8 Å². The topological polar surface area (TPSA) is 3.88 Å². The summed E-state index contributed by atoms with van der Waals surface area (Å²) in [5.74, 6) is -0.145. The zero-order chi connectivity index (χ0) is 6.85. The Morgan fingerprint density at radius 2 is 2.10 bits per heavy atom. The highest BCUT2D eigenvalue weighted by molar-refractivity contribution is 5.05. The van der Waals surface area contributed by atoms with Crippen molar-refractivity contribution < 1.29 is 32.9 Å². The first-order valence-corrected chi connectivity index (χ1v) is 2.81. The Balaban J connectivity index is 0.000000810. The fourth-order valence-electron chi connectivity index (χ4n) is 0.725. The molecule has 0 aliphatic rings. The van der Waals surface area contributed by atoms with Gasteiger partial charge in [0, 0.05) is 11.6 Å². The van der Waals surface area contributed by atoms with Crippen molar-refractivity contribution in [3.8, 4) is 0 Å². The summed E-state index contributed by atoms with van der Waals surface area (Å²) in [5, 5.41) is 0. The van der Waals surface area contributed by atoms with Gasteiger partial charge in [0.2, 0.25) is 0 Å².